The second-order valence-corrected chi connectivity index (χ2v) is 8.42. The standard InChI is InChI=1S/C23H26N4O3S/c1-26-10-12-27(13-11-26)23-25-18-7-6-17(15-21(18)31-23)24-22(28)9-5-16-4-8-19(29-2)20(14-16)30-3/h4-9,14-15H,10-13H2,1-3H3,(H,24,28)/b9-5+. The van der Waals surface area contributed by atoms with Crippen LogP contribution in [0.25, 0.3) is 16.3 Å². The molecule has 0 spiro atoms. The fourth-order valence-corrected chi connectivity index (χ4v) is 4.49. The summed E-state index contributed by atoms with van der Waals surface area (Å²) in [6.07, 6.45) is 3.25. The zero-order chi connectivity index (χ0) is 21.8. The van der Waals surface area contributed by atoms with Gasteiger partial charge >= 0.3 is 0 Å². The Balaban J connectivity index is 1.43. The van der Waals surface area contributed by atoms with Crippen LogP contribution in [-0.4, -0.2) is 63.2 Å². The van der Waals surface area contributed by atoms with Gasteiger partial charge < -0.3 is 24.6 Å². The fourth-order valence-electron chi connectivity index (χ4n) is 3.44. The molecule has 0 bridgehead atoms. The van der Waals surface area contributed by atoms with E-state index >= 15 is 0 Å². The predicted molar refractivity (Wildman–Crippen MR) is 127 cm³/mol. The summed E-state index contributed by atoms with van der Waals surface area (Å²) >= 11 is 1.67. The van der Waals surface area contributed by atoms with E-state index in [9.17, 15) is 4.79 Å². The van der Waals surface area contributed by atoms with Crippen LogP contribution in [0.2, 0.25) is 0 Å². The quantitative estimate of drug-likeness (QED) is 0.592. The molecule has 1 aliphatic heterocycles. The maximum absolute atomic E-state index is 12.4. The average molecular weight is 439 g/mol. The summed E-state index contributed by atoms with van der Waals surface area (Å²) in [6.45, 7) is 4.06. The highest BCUT2D eigenvalue weighted by molar-refractivity contribution is 7.22. The third-order valence-corrected chi connectivity index (χ3v) is 6.33. The maximum atomic E-state index is 12.4. The number of carbonyl (C=O) groups is 1. The predicted octanol–water partition coefficient (Wildman–Crippen LogP) is 3.72. The highest BCUT2D eigenvalue weighted by atomic mass is 32.1. The molecule has 31 heavy (non-hydrogen) atoms. The van der Waals surface area contributed by atoms with E-state index in [-0.39, 0.29) is 5.91 Å². The second-order valence-electron chi connectivity index (χ2n) is 7.41. The van der Waals surface area contributed by atoms with Crippen molar-refractivity contribution >= 4 is 44.4 Å². The molecule has 3 aromatic rings. The summed E-state index contributed by atoms with van der Waals surface area (Å²) in [7, 11) is 5.32. The molecule has 2 heterocycles. The first-order valence-corrected chi connectivity index (χ1v) is 10.9. The number of methoxy groups -OCH3 is 2. The largest absolute Gasteiger partial charge is 0.493 e. The Morgan fingerprint density at radius 2 is 1.84 bits per heavy atom. The lowest BCUT2D eigenvalue weighted by atomic mass is 10.2. The number of benzene rings is 2. The molecule has 1 saturated heterocycles. The van der Waals surface area contributed by atoms with Crippen molar-refractivity contribution in [3.63, 3.8) is 0 Å². The minimum absolute atomic E-state index is 0.196. The van der Waals surface area contributed by atoms with Gasteiger partial charge in [0, 0.05) is 37.9 Å². The Labute approximate surface area is 185 Å². The number of aromatic nitrogens is 1. The first kappa shape index (κ1) is 21.1. The third-order valence-electron chi connectivity index (χ3n) is 5.25. The topological polar surface area (TPSA) is 66.9 Å². The van der Waals surface area contributed by atoms with Crippen LogP contribution in [0.5, 0.6) is 11.5 Å². The van der Waals surface area contributed by atoms with E-state index in [1.165, 1.54) is 6.08 Å². The molecule has 1 fully saturated rings. The highest BCUT2D eigenvalue weighted by Gasteiger charge is 2.17. The number of nitrogens with one attached hydrogen (secondary N) is 1. The monoisotopic (exact) mass is 438 g/mol. The maximum Gasteiger partial charge on any atom is 0.248 e. The first-order chi connectivity index (χ1) is 15.1. The number of likely N-dealkylation sites (N-methyl/N-ethyl adjacent to an activating group) is 1. The number of amides is 1. The van der Waals surface area contributed by atoms with Crippen LogP contribution in [0.3, 0.4) is 0 Å². The van der Waals surface area contributed by atoms with Crippen LogP contribution in [0, 0.1) is 0 Å². The third kappa shape index (κ3) is 4.98. The summed E-state index contributed by atoms with van der Waals surface area (Å²) in [5, 5.41) is 3.97. The van der Waals surface area contributed by atoms with Crippen molar-refractivity contribution in [1.29, 1.82) is 0 Å². The number of ether oxygens (including phenoxy) is 2. The number of thiazole rings is 1. The van der Waals surface area contributed by atoms with Crippen molar-refractivity contribution in [2.24, 2.45) is 0 Å². The number of rotatable bonds is 6. The van der Waals surface area contributed by atoms with E-state index in [1.807, 2.05) is 36.4 Å². The van der Waals surface area contributed by atoms with Crippen LogP contribution in [0.15, 0.2) is 42.5 Å². The van der Waals surface area contributed by atoms with Crippen molar-refractivity contribution < 1.29 is 14.3 Å². The molecule has 4 rings (SSSR count). The Bertz CT molecular complexity index is 1100. The van der Waals surface area contributed by atoms with Gasteiger partial charge in [-0.1, -0.05) is 17.4 Å². The number of hydrogen-bond acceptors (Lipinski definition) is 7. The van der Waals surface area contributed by atoms with E-state index in [0.717, 1.165) is 52.8 Å². The van der Waals surface area contributed by atoms with Crippen molar-refractivity contribution in [2.45, 2.75) is 0 Å². The summed E-state index contributed by atoms with van der Waals surface area (Å²) in [6, 6.07) is 11.3. The van der Waals surface area contributed by atoms with Gasteiger partial charge in [-0.05, 0) is 49.0 Å². The second kappa shape index (κ2) is 9.36. The molecule has 1 aromatic heterocycles. The van der Waals surface area contributed by atoms with Gasteiger partial charge in [0.1, 0.15) is 0 Å². The summed E-state index contributed by atoms with van der Waals surface area (Å²) in [5.74, 6) is 1.08. The molecule has 2 aromatic carbocycles. The van der Waals surface area contributed by atoms with Crippen LogP contribution in [-0.2, 0) is 4.79 Å². The van der Waals surface area contributed by atoms with E-state index < -0.39 is 0 Å². The van der Waals surface area contributed by atoms with Gasteiger partial charge in [0.05, 0.1) is 24.4 Å². The van der Waals surface area contributed by atoms with Gasteiger partial charge in [-0.2, -0.15) is 0 Å². The number of fused-ring (bicyclic) bond motifs is 1. The SMILES string of the molecule is COc1ccc(/C=C/C(=O)Nc2ccc3nc(N4CCN(C)CC4)sc3c2)cc1OC. The van der Waals surface area contributed by atoms with Crippen LogP contribution < -0.4 is 19.7 Å². The Kier molecular flexibility index (Phi) is 6.39. The lowest BCUT2D eigenvalue weighted by Gasteiger charge is -2.31. The molecule has 162 valence electrons. The molecule has 0 radical (unpaired) electrons. The van der Waals surface area contributed by atoms with Gasteiger partial charge in [0.15, 0.2) is 16.6 Å². The fraction of sp³-hybridized carbons (Fsp3) is 0.304. The van der Waals surface area contributed by atoms with E-state index in [2.05, 4.69) is 22.2 Å². The van der Waals surface area contributed by atoms with Crippen LogP contribution >= 0.6 is 11.3 Å². The average Bonchev–Trinajstić information content (AvgIpc) is 3.21. The molecule has 0 atom stereocenters. The minimum atomic E-state index is -0.196. The summed E-state index contributed by atoms with van der Waals surface area (Å²) in [5.41, 5.74) is 2.56. The number of hydrogen-bond donors (Lipinski definition) is 1. The van der Waals surface area contributed by atoms with Gasteiger partial charge in [-0.3, -0.25) is 4.79 Å². The Morgan fingerprint density at radius 1 is 1.06 bits per heavy atom. The Hall–Kier alpha value is -3.10. The van der Waals surface area contributed by atoms with E-state index in [4.69, 9.17) is 14.5 Å². The van der Waals surface area contributed by atoms with Crippen molar-refractivity contribution in [3.8, 4) is 11.5 Å². The highest BCUT2D eigenvalue weighted by Crippen LogP contribution is 2.31. The number of carbonyl (C=O) groups excluding carboxylic acids is 1. The van der Waals surface area contributed by atoms with Gasteiger partial charge in [0.2, 0.25) is 5.91 Å². The molecule has 0 aliphatic carbocycles. The van der Waals surface area contributed by atoms with Gasteiger partial charge in [0.25, 0.3) is 0 Å². The first-order valence-electron chi connectivity index (χ1n) is 10.1. The number of anilines is 2. The van der Waals surface area contributed by atoms with Crippen molar-refractivity contribution in [3.05, 3.63) is 48.0 Å². The van der Waals surface area contributed by atoms with E-state index in [0.29, 0.717) is 11.5 Å². The lowest BCUT2D eigenvalue weighted by Crippen LogP contribution is -2.44. The zero-order valence-corrected chi connectivity index (χ0v) is 18.7. The normalized spacial score (nSPS) is 14.9. The molecule has 1 aliphatic rings. The molecular weight excluding hydrogens is 412 g/mol. The smallest absolute Gasteiger partial charge is 0.248 e. The molecule has 0 saturated carbocycles. The Morgan fingerprint density at radius 3 is 2.58 bits per heavy atom. The van der Waals surface area contributed by atoms with E-state index in [1.54, 1.807) is 31.6 Å². The van der Waals surface area contributed by atoms with Crippen molar-refractivity contribution in [1.82, 2.24) is 9.88 Å². The molecule has 7 nitrogen and oxygen atoms in total. The number of nitrogens with zero attached hydrogens (tertiary/aromatic N) is 3. The van der Waals surface area contributed by atoms with Gasteiger partial charge in [-0.15, -0.1) is 0 Å². The molecule has 8 heteroatoms. The van der Waals surface area contributed by atoms with Crippen LogP contribution in [0.4, 0.5) is 10.8 Å². The molecule has 1 N–H and O–H groups in total. The van der Waals surface area contributed by atoms with Crippen molar-refractivity contribution in [2.75, 3.05) is 57.7 Å². The minimum Gasteiger partial charge on any atom is -0.493 e. The molecule has 0 unspecified atom stereocenters. The zero-order valence-electron chi connectivity index (χ0n) is 17.9. The molecular formula is C23H26N4O3S. The molecule has 1 amide bonds. The number of piperazine rings is 1. The van der Waals surface area contributed by atoms with Crippen LogP contribution in [0.1, 0.15) is 5.56 Å². The van der Waals surface area contributed by atoms with Gasteiger partial charge in [-0.25, -0.2) is 4.98 Å². The summed E-state index contributed by atoms with van der Waals surface area (Å²) < 4.78 is 11.6. The lowest BCUT2D eigenvalue weighted by molar-refractivity contribution is -0.111. The summed E-state index contributed by atoms with van der Waals surface area (Å²) in [4.78, 5) is 21.8.